The lowest BCUT2D eigenvalue weighted by atomic mass is 10.1. The van der Waals surface area contributed by atoms with Crippen molar-refractivity contribution in [1.29, 1.82) is 0 Å². The smallest absolute Gasteiger partial charge is 0.344 e. The molecule has 3 fully saturated rings. The van der Waals surface area contributed by atoms with E-state index in [4.69, 9.17) is 16.3 Å². The summed E-state index contributed by atoms with van der Waals surface area (Å²) in [4.78, 5) is 30.9. The van der Waals surface area contributed by atoms with Crippen LogP contribution in [0, 0.1) is 0 Å². The van der Waals surface area contributed by atoms with Crippen molar-refractivity contribution >= 4 is 29.1 Å². The van der Waals surface area contributed by atoms with Crippen molar-refractivity contribution in [1.82, 2.24) is 19.6 Å². The minimum absolute atomic E-state index is 0.145. The van der Waals surface area contributed by atoms with Crippen LogP contribution in [-0.4, -0.2) is 82.9 Å². The van der Waals surface area contributed by atoms with Crippen LogP contribution >= 0.6 is 11.6 Å². The molecule has 1 aromatic carbocycles. The fraction of sp³-hybridized carbons (Fsp3) is 0.522. The van der Waals surface area contributed by atoms with Crippen LogP contribution in [0.1, 0.15) is 35.8 Å². The molecule has 4 heterocycles. The SMILES string of the molecule is CC(=O)c1ccn(C(=O)N2CCN(Cc3ccc(Cl)cc3N3C4CCC3COC4)CC2)n1. The highest BCUT2D eigenvalue weighted by atomic mass is 35.5. The normalized spacial score (nSPS) is 23.6. The Morgan fingerprint density at radius 3 is 2.47 bits per heavy atom. The van der Waals surface area contributed by atoms with Crippen LogP contribution in [0.2, 0.25) is 5.02 Å². The number of fused-ring (bicyclic) bond motifs is 2. The van der Waals surface area contributed by atoms with E-state index in [2.05, 4.69) is 27.0 Å². The number of anilines is 1. The van der Waals surface area contributed by atoms with E-state index in [1.807, 2.05) is 6.07 Å². The molecule has 3 aliphatic rings. The predicted molar refractivity (Wildman–Crippen MR) is 121 cm³/mol. The van der Waals surface area contributed by atoms with E-state index in [9.17, 15) is 9.59 Å². The van der Waals surface area contributed by atoms with Crippen molar-refractivity contribution in [2.24, 2.45) is 0 Å². The van der Waals surface area contributed by atoms with Crippen LogP contribution in [0.3, 0.4) is 0 Å². The molecule has 0 spiro atoms. The first-order valence-electron chi connectivity index (χ1n) is 11.2. The second kappa shape index (κ2) is 8.84. The lowest BCUT2D eigenvalue weighted by molar-refractivity contribution is 0.0903. The summed E-state index contributed by atoms with van der Waals surface area (Å²) < 4.78 is 7.03. The van der Waals surface area contributed by atoms with E-state index >= 15 is 0 Å². The zero-order chi connectivity index (χ0) is 22.2. The van der Waals surface area contributed by atoms with Crippen molar-refractivity contribution in [3.8, 4) is 0 Å². The molecule has 3 aliphatic heterocycles. The monoisotopic (exact) mass is 457 g/mol. The molecular formula is C23H28ClN5O3. The Balaban J connectivity index is 1.25. The summed E-state index contributed by atoms with van der Waals surface area (Å²) in [5.74, 6) is -0.145. The molecule has 32 heavy (non-hydrogen) atoms. The third-order valence-electron chi connectivity index (χ3n) is 6.75. The molecule has 8 nitrogen and oxygen atoms in total. The molecule has 9 heteroatoms. The second-order valence-electron chi connectivity index (χ2n) is 8.85. The van der Waals surface area contributed by atoms with Crippen LogP contribution in [0.15, 0.2) is 30.5 Å². The van der Waals surface area contributed by atoms with Gasteiger partial charge in [-0.25, -0.2) is 4.79 Å². The minimum atomic E-state index is -0.186. The highest BCUT2D eigenvalue weighted by Gasteiger charge is 2.38. The fourth-order valence-corrected chi connectivity index (χ4v) is 5.20. The van der Waals surface area contributed by atoms with Gasteiger partial charge in [0.1, 0.15) is 5.69 Å². The molecule has 1 amide bonds. The van der Waals surface area contributed by atoms with Crippen molar-refractivity contribution in [3.05, 3.63) is 46.7 Å². The average molecular weight is 458 g/mol. The van der Waals surface area contributed by atoms with Gasteiger partial charge >= 0.3 is 6.03 Å². The van der Waals surface area contributed by atoms with Gasteiger partial charge in [-0.15, -0.1) is 0 Å². The van der Waals surface area contributed by atoms with Gasteiger partial charge in [0.25, 0.3) is 0 Å². The maximum atomic E-state index is 12.7. The number of halogens is 1. The van der Waals surface area contributed by atoms with E-state index < -0.39 is 0 Å². The first-order valence-corrected chi connectivity index (χ1v) is 11.6. The highest BCUT2D eigenvalue weighted by Crippen LogP contribution is 2.37. The van der Waals surface area contributed by atoms with Gasteiger partial charge in [0.15, 0.2) is 5.78 Å². The number of hydrogen-bond donors (Lipinski definition) is 0. The van der Waals surface area contributed by atoms with Crippen LogP contribution in [0.25, 0.3) is 0 Å². The number of ether oxygens (including phenoxy) is 1. The number of rotatable bonds is 4. The van der Waals surface area contributed by atoms with Gasteiger partial charge in [-0.1, -0.05) is 17.7 Å². The number of carbonyl (C=O) groups is 2. The average Bonchev–Trinajstić information content (AvgIpc) is 3.38. The second-order valence-corrected chi connectivity index (χ2v) is 9.29. The summed E-state index contributed by atoms with van der Waals surface area (Å²) in [6, 6.07) is 8.44. The zero-order valence-electron chi connectivity index (χ0n) is 18.2. The number of benzene rings is 1. The van der Waals surface area contributed by atoms with Crippen molar-refractivity contribution in [3.63, 3.8) is 0 Å². The maximum absolute atomic E-state index is 12.7. The zero-order valence-corrected chi connectivity index (χ0v) is 19.0. The molecule has 0 N–H and O–H groups in total. The number of amides is 1. The molecule has 0 aliphatic carbocycles. The lowest BCUT2D eigenvalue weighted by Gasteiger charge is -2.39. The molecule has 3 saturated heterocycles. The van der Waals surface area contributed by atoms with Gasteiger partial charge < -0.3 is 14.5 Å². The number of hydrogen-bond acceptors (Lipinski definition) is 6. The van der Waals surface area contributed by atoms with E-state index in [0.29, 0.717) is 30.9 Å². The third-order valence-corrected chi connectivity index (χ3v) is 6.98. The molecule has 1 aromatic heterocycles. The van der Waals surface area contributed by atoms with Crippen LogP contribution in [0.5, 0.6) is 0 Å². The van der Waals surface area contributed by atoms with Gasteiger partial charge in [0, 0.05) is 56.6 Å². The Morgan fingerprint density at radius 2 is 1.81 bits per heavy atom. The standard InChI is InChI=1S/C23H28ClN5O3/c1-16(30)21-6-7-28(25-21)23(31)27-10-8-26(9-11-27)13-17-2-3-18(24)12-22(17)29-19-4-5-20(29)15-32-14-19/h2-3,6-7,12,19-20H,4-5,8-11,13-15H2,1H3. The van der Waals surface area contributed by atoms with Crippen LogP contribution in [0.4, 0.5) is 10.5 Å². The first-order chi connectivity index (χ1) is 15.5. The van der Waals surface area contributed by atoms with Crippen molar-refractivity contribution < 1.29 is 14.3 Å². The highest BCUT2D eigenvalue weighted by molar-refractivity contribution is 6.30. The van der Waals surface area contributed by atoms with Gasteiger partial charge in [0.2, 0.25) is 0 Å². The molecular weight excluding hydrogens is 430 g/mol. The number of Topliss-reactive ketones (excluding diaryl/α,β-unsaturated/α-hetero) is 1. The summed E-state index contributed by atoms with van der Waals surface area (Å²) >= 11 is 6.38. The lowest BCUT2D eigenvalue weighted by Crippen LogP contribution is -2.50. The van der Waals surface area contributed by atoms with E-state index in [0.717, 1.165) is 50.7 Å². The number of nitrogens with zero attached hydrogens (tertiary/aromatic N) is 5. The molecule has 2 atom stereocenters. The van der Waals surface area contributed by atoms with Gasteiger partial charge in [-0.2, -0.15) is 9.78 Å². The molecule has 170 valence electrons. The predicted octanol–water partition coefficient (Wildman–Crippen LogP) is 2.89. The molecule has 2 unspecified atom stereocenters. The van der Waals surface area contributed by atoms with E-state index in [1.54, 1.807) is 17.2 Å². The van der Waals surface area contributed by atoms with E-state index in [-0.39, 0.29) is 11.8 Å². The molecule has 0 radical (unpaired) electrons. The minimum Gasteiger partial charge on any atom is -0.377 e. The van der Waals surface area contributed by atoms with E-state index in [1.165, 1.54) is 22.9 Å². The number of carbonyl (C=O) groups excluding carboxylic acids is 2. The fourth-order valence-electron chi connectivity index (χ4n) is 5.03. The topological polar surface area (TPSA) is 70.9 Å². The summed E-state index contributed by atoms with van der Waals surface area (Å²) in [5, 5.41) is 4.86. The summed E-state index contributed by atoms with van der Waals surface area (Å²) in [7, 11) is 0. The summed E-state index contributed by atoms with van der Waals surface area (Å²) in [6.07, 6.45) is 3.88. The van der Waals surface area contributed by atoms with Crippen LogP contribution in [-0.2, 0) is 11.3 Å². The Kier molecular flexibility index (Phi) is 5.92. The largest absolute Gasteiger partial charge is 0.377 e. The number of aromatic nitrogens is 2. The number of ketones is 1. The van der Waals surface area contributed by atoms with Gasteiger partial charge in [-0.05, 0) is 36.6 Å². The quantitative estimate of drug-likeness (QED) is 0.657. The number of piperazine rings is 1. The molecule has 0 saturated carbocycles. The molecule has 2 aromatic rings. The summed E-state index contributed by atoms with van der Waals surface area (Å²) in [6.45, 7) is 6.64. The third kappa shape index (κ3) is 4.14. The van der Waals surface area contributed by atoms with Gasteiger partial charge in [0.05, 0.1) is 25.3 Å². The summed E-state index contributed by atoms with van der Waals surface area (Å²) in [5.41, 5.74) is 2.80. The van der Waals surface area contributed by atoms with Crippen LogP contribution < -0.4 is 4.90 Å². The van der Waals surface area contributed by atoms with Gasteiger partial charge in [-0.3, -0.25) is 9.69 Å². The van der Waals surface area contributed by atoms with Crippen molar-refractivity contribution in [2.75, 3.05) is 44.3 Å². The maximum Gasteiger partial charge on any atom is 0.344 e. The Hall–Kier alpha value is -2.42. The van der Waals surface area contributed by atoms with Crippen molar-refractivity contribution in [2.45, 2.75) is 38.4 Å². The Morgan fingerprint density at radius 1 is 1.09 bits per heavy atom. The molecule has 2 bridgehead atoms. The Labute approximate surface area is 192 Å². The molecule has 5 rings (SSSR count). The Bertz CT molecular complexity index is 1000. The first kappa shape index (κ1) is 21.4. The number of morpholine rings is 1.